The SMILES string of the molecule is CCCNC(=O)CCC(=O)NC(CC1CCCc2ccccc21)C(=O)O. The number of carboxylic acids is 1. The van der Waals surface area contributed by atoms with Crippen LogP contribution in [0.5, 0.6) is 0 Å². The maximum atomic E-state index is 12.1. The molecule has 0 aromatic heterocycles. The standard InChI is InChI=1S/C20H28N2O4/c1-2-12-21-18(23)10-11-19(24)22-17(20(25)26)13-15-8-5-7-14-6-3-4-9-16(14)15/h3-4,6,9,15,17H,2,5,7-8,10-13H2,1H3,(H,21,23)(H,22,24)(H,25,26). The third kappa shape index (κ3) is 5.86. The predicted molar refractivity (Wildman–Crippen MR) is 98.8 cm³/mol. The Morgan fingerprint density at radius 1 is 1.19 bits per heavy atom. The van der Waals surface area contributed by atoms with Crippen LogP contribution in [0.3, 0.4) is 0 Å². The number of rotatable bonds is 9. The van der Waals surface area contributed by atoms with Gasteiger partial charge in [-0.3, -0.25) is 9.59 Å². The second-order valence-electron chi connectivity index (χ2n) is 6.83. The number of carboxylic acid groups (broad SMARTS) is 1. The van der Waals surface area contributed by atoms with Crippen LogP contribution in [0, 0.1) is 0 Å². The number of benzene rings is 1. The Labute approximate surface area is 154 Å². The summed E-state index contributed by atoms with van der Waals surface area (Å²) in [6, 6.07) is 7.18. The summed E-state index contributed by atoms with van der Waals surface area (Å²) in [5.41, 5.74) is 2.46. The number of aryl methyl sites for hydroxylation is 1. The van der Waals surface area contributed by atoms with Crippen LogP contribution in [0.15, 0.2) is 24.3 Å². The summed E-state index contributed by atoms with van der Waals surface area (Å²) in [5, 5.41) is 14.8. The maximum Gasteiger partial charge on any atom is 0.326 e. The molecule has 2 unspecified atom stereocenters. The first kappa shape index (κ1) is 19.9. The molecule has 6 nitrogen and oxygen atoms in total. The highest BCUT2D eigenvalue weighted by atomic mass is 16.4. The molecule has 0 saturated heterocycles. The quantitative estimate of drug-likeness (QED) is 0.630. The number of fused-ring (bicyclic) bond motifs is 1. The van der Waals surface area contributed by atoms with Gasteiger partial charge in [0.25, 0.3) is 0 Å². The third-order valence-corrected chi connectivity index (χ3v) is 4.80. The molecular weight excluding hydrogens is 332 g/mol. The van der Waals surface area contributed by atoms with Crippen LogP contribution in [0.1, 0.15) is 62.5 Å². The van der Waals surface area contributed by atoms with E-state index in [1.54, 1.807) is 0 Å². The molecule has 0 bridgehead atoms. The largest absolute Gasteiger partial charge is 0.480 e. The molecule has 1 aromatic rings. The smallest absolute Gasteiger partial charge is 0.326 e. The summed E-state index contributed by atoms with van der Waals surface area (Å²) in [7, 11) is 0. The molecular formula is C20H28N2O4. The van der Waals surface area contributed by atoms with Gasteiger partial charge >= 0.3 is 5.97 Å². The zero-order chi connectivity index (χ0) is 18.9. The van der Waals surface area contributed by atoms with Crippen molar-refractivity contribution >= 4 is 17.8 Å². The van der Waals surface area contributed by atoms with E-state index in [1.165, 1.54) is 11.1 Å². The van der Waals surface area contributed by atoms with Crippen molar-refractivity contribution in [3.63, 3.8) is 0 Å². The van der Waals surface area contributed by atoms with Crippen molar-refractivity contribution in [2.75, 3.05) is 6.54 Å². The fraction of sp³-hybridized carbons (Fsp3) is 0.550. The van der Waals surface area contributed by atoms with Gasteiger partial charge in [0.2, 0.25) is 11.8 Å². The molecule has 0 aliphatic heterocycles. The van der Waals surface area contributed by atoms with Gasteiger partial charge in [0.15, 0.2) is 0 Å². The zero-order valence-electron chi connectivity index (χ0n) is 15.3. The average Bonchev–Trinajstić information content (AvgIpc) is 2.64. The first-order valence-electron chi connectivity index (χ1n) is 9.38. The first-order valence-corrected chi connectivity index (χ1v) is 9.38. The van der Waals surface area contributed by atoms with E-state index in [0.29, 0.717) is 13.0 Å². The molecule has 142 valence electrons. The number of amides is 2. The number of carbonyl (C=O) groups excluding carboxylic acids is 2. The van der Waals surface area contributed by atoms with E-state index in [0.717, 1.165) is 25.7 Å². The lowest BCUT2D eigenvalue weighted by atomic mass is 9.79. The van der Waals surface area contributed by atoms with Crippen LogP contribution >= 0.6 is 0 Å². The van der Waals surface area contributed by atoms with Gasteiger partial charge in [-0.05, 0) is 49.1 Å². The lowest BCUT2D eigenvalue weighted by molar-refractivity contribution is -0.142. The number of aliphatic carboxylic acids is 1. The van der Waals surface area contributed by atoms with Crippen molar-refractivity contribution in [2.45, 2.75) is 63.8 Å². The van der Waals surface area contributed by atoms with Crippen molar-refractivity contribution in [3.05, 3.63) is 35.4 Å². The van der Waals surface area contributed by atoms with E-state index in [-0.39, 0.29) is 24.7 Å². The van der Waals surface area contributed by atoms with Crippen LogP contribution in [-0.2, 0) is 20.8 Å². The highest BCUT2D eigenvalue weighted by Crippen LogP contribution is 2.34. The summed E-state index contributed by atoms with van der Waals surface area (Å²) < 4.78 is 0. The fourth-order valence-electron chi connectivity index (χ4n) is 3.45. The Hall–Kier alpha value is -2.37. The Morgan fingerprint density at radius 2 is 1.92 bits per heavy atom. The van der Waals surface area contributed by atoms with Gasteiger partial charge in [0, 0.05) is 19.4 Å². The summed E-state index contributed by atoms with van der Waals surface area (Å²) in [6.07, 6.45) is 4.26. The predicted octanol–water partition coefficient (Wildman–Crippen LogP) is 2.37. The van der Waals surface area contributed by atoms with Gasteiger partial charge in [-0.25, -0.2) is 4.79 Å². The summed E-state index contributed by atoms with van der Waals surface area (Å²) in [4.78, 5) is 35.2. The number of nitrogens with one attached hydrogen (secondary N) is 2. The minimum absolute atomic E-state index is 0.000577. The number of hydrogen-bond donors (Lipinski definition) is 3. The van der Waals surface area contributed by atoms with Crippen LogP contribution in [-0.4, -0.2) is 35.5 Å². The molecule has 1 aromatic carbocycles. The minimum Gasteiger partial charge on any atom is -0.480 e. The second kappa shape index (κ2) is 9.94. The fourth-order valence-corrected chi connectivity index (χ4v) is 3.45. The maximum absolute atomic E-state index is 12.1. The lowest BCUT2D eigenvalue weighted by Gasteiger charge is -2.28. The van der Waals surface area contributed by atoms with Crippen LogP contribution in [0.25, 0.3) is 0 Å². The molecule has 6 heteroatoms. The topological polar surface area (TPSA) is 95.5 Å². The molecule has 0 saturated carbocycles. The second-order valence-corrected chi connectivity index (χ2v) is 6.83. The summed E-state index contributed by atoms with van der Waals surface area (Å²) in [5.74, 6) is -1.48. The molecule has 2 atom stereocenters. The Kier molecular flexibility index (Phi) is 7.63. The van der Waals surface area contributed by atoms with E-state index in [1.807, 2.05) is 19.1 Å². The minimum atomic E-state index is -1.03. The van der Waals surface area contributed by atoms with E-state index in [2.05, 4.69) is 22.8 Å². The van der Waals surface area contributed by atoms with E-state index in [4.69, 9.17) is 0 Å². The number of hydrogen-bond acceptors (Lipinski definition) is 3. The monoisotopic (exact) mass is 360 g/mol. The molecule has 1 aliphatic rings. The lowest BCUT2D eigenvalue weighted by Crippen LogP contribution is -2.42. The third-order valence-electron chi connectivity index (χ3n) is 4.80. The molecule has 3 N–H and O–H groups in total. The van der Waals surface area contributed by atoms with Crippen LogP contribution in [0.2, 0.25) is 0 Å². The first-order chi connectivity index (χ1) is 12.5. The highest BCUT2D eigenvalue weighted by molar-refractivity contribution is 5.86. The van der Waals surface area contributed by atoms with Gasteiger partial charge in [0.1, 0.15) is 6.04 Å². The van der Waals surface area contributed by atoms with Crippen LogP contribution in [0.4, 0.5) is 0 Å². The van der Waals surface area contributed by atoms with Gasteiger partial charge in [-0.2, -0.15) is 0 Å². The summed E-state index contributed by atoms with van der Waals surface area (Å²) >= 11 is 0. The van der Waals surface area contributed by atoms with E-state index in [9.17, 15) is 19.5 Å². The molecule has 26 heavy (non-hydrogen) atoms. The average molecular weight is 360 g/mol. The van der Waals surface area contributed by atoms with Gasteiger partial charge in [0.05, 0.1) is 0 Å². The Bertz CT molecular complexity index is 644. The van der Waals surface area contributed by atoms with Crippen molar-refractivity contribution in [1.29, 1.82) is 0 Å². The molecule has 0 spiro atoms. The highest BCUT2D eigenvalue weighted by Gasteiger charge is 2.28. The number of carbonyl (C=O) groups is 3. The zero-order valence-corrected chi connectivity index (χ0v) is 15.3. The van der Waals surface area contributed by atoms with E-state index < -0.39 is 17.9 Å². The van der Waals surface area contributed by atoms with E-state index >= 15 is 0 Å². The Morgan fingerprint density at radius 3 is 2.65 bits per heavy atom. The normalized spacial score (nSPS) is 17.0. The Balaban J connectivity index is 1.90. The van der Waals surface area contributed by atoms with Crippen molar-refractivity contribution in [3.8, 4) is 0 Å². The molecule has 0 fully saturated rings. The van der Waals surface area contributed by atoms with Gasteiger partial charge in [-0.15, -0.1) is 0 Å². The molecule has 0 heterocycles. The van der Waals surface area contributed by atoms with Crippen molar-refractivity contribution in [1.82, 2.24) is 10.6 Å². The molecule has 2 rings (SSSR count). The van der Waals surface area contributed by atoms with Crippen LogP contribution < -0.4 is 10.6 Å². The van der Waals surface area contributed by atoms with Crippen molar-refractivity contribution in [2.24, 2.45) is 0 Å². The van der Waals surface area contributed by atoms with Gasteiger partial charge in [-0.1, -0.05) is 31.2 Å². The van der Waals surface area contributed by atoms with Crippen molar-refractivity contribution < 1.29 is 19.5 Å². The molecule has 2 amide bonds. The molecule has 1 aliphatic carbocycles. The summed E-state index contributed by atoms with van der Waals surface area (Å²) in [6.45, 7) is 2.53. The van der Waals surface area contributed by atoms with Gasteiger partial charge < -0.3 is 15.7 Å². The molecule has 0 radical (unpaired) electrons.